The SMILES string of the molecule is COc1ccc(NC(=O)NCCN2CCc3ccccc32)cc1C(=O)N(C)C. The fourth-order valence-corrected chi connectivity index (χ4v) is 3.31. The van der Waals surface area contributed by atoms with Crippen LogP contribution in [0.1, 0.15) is 15.9 Å². The Bertz CT molecular complexity index is 866. The second kappa shape index (κ2) is 8.65. The van der Waals surface area contributed by atoms with Gasteiger partial charge in [0, 0.05) is 45.1 Å². The van der Waals surface area contributed by atoms with Crippen molar-refractivity contribution in [1.29, 1.82) is 0 Å². The topological polar surface area (TPSA) is 73.9 Å². The highest BCUT2D eigenvalue weighted by Crippen LogP contribution is 2.26. The van der Waals surface area contributed by atoms with Crippen molar-refractivity contribution in [3.8, 4) is 5.75 Å². The summed E-state index contributed by atoms with van der Waals surface area (Å²) >= 11 is 0. The third kappa shape index (κ3) is 4.36. The summed E-state index contributed by atoms with van der Waals surface area (Å²) < 4.78 is 5.25. The van der Waals surface area contributed by atoms with Crippen molar-refractivity contribution in [2.24, 2.45) is 0 Å². The molecule has 0 fully saturated rings. The molecule has 0 spiro atoms. The van der Waals surface area contributed by atoms with Crippen molar-refractivity contribution in [2.75, 3.05) is 51.1 Å². The number of anilines is 2. The van der Waals surface area contributed by atoms with Gasteiger partial charge in [0.25, 0.3) is 5.91 Å². The van der Waals surface area contributed by atoms with Gasteiger partial charge in [-0.05, 0) is 36.2 Å². The molecule has 0 aromatic heterocycles. The van der Waals surface area contributed by atoms with E-state index in [1.165, 1.54) is 23.3 Å². The van der Waals surface area contributed by atoms with Crippen molar-refractivity contribution in [3.63, 3.8) is 0 Å². The number of urea groups is 1. The largest absolute Gasteiger partial charge is 0.496 e. The van der Waals surface area contributed by atoms with E-state index in [2.05, 4.69) is 33.7 Å². The Morgan fingerprint density at radius 2 is 1.96 bits per heavy atom. The number of carbonyl (C=O) groups is 2. The molecule has 2 aromatic carbocycles. The molecule has 0 atom stereocenters. The van der Waals surface area contributed by atoms with Gasteiger partial charge < -0.3 is 25.2 Å². The number of carbonyl (C=O) groups excluding carboxylic acids is 2. The lowest BCUT2D eigenvalue weighted by Gasteiger charge is -2.19. The van der Waals surface area contributed by atoms with Gasteiger partial charge in [-0.2, -0.15) is 0 Å². The summed E-state index contributed by atoms with van der Waals surface area (Å²) in [5, 5.41) is 5.65. The van der Waals surface area contributed by atoms with Crippen LogP contribution in [0, 0.1) is 0 Å². The molecular weight excluding hydrogens is 356 g/mol. The third-order valence-corrected chi connectivity index (χ3v) is 4.74. The predicted octanol–water partition coefficient (Wildman–Crippen LogP) is 2.58. The number of nitrogens with one attached hydrogen (secondary N) is 2. The average molecular weight is 382 g/mol. The smallest absolute Gasteiger partial charge is 0.319 e. The number of rotatable bonds is 6. The Balaban J connectivity index is 1.55. The number of benzene rings is 2. The number of hydrogen-bond acceptors (Lipinski definition) is 4. The lowest BCUT2D eigenvalue weighted by atomic mass is 10.1. The molecule has 7 heteroatoms. The number of nitrogens with zero attached hydrogens (tertiary/aromatic N) is 2. The van der Waals surface area contributed by atoms with Crippen molar-refractivity contribution >= 4 is 23.3 Å². The highest BCUT2D eigenvalue weighted by atomic mass is 16.5. The molecular formula is C21H26N4O3. The fourth-order valence-electron chi connectivity index (χ4n) is 3.31. The van der Waals surface area contributed by atoms with Crippen LogP contribution >= 0.6 is 0 Å². The second-order valence-electron chi connectivity index (χ2n) is 6.86. The van der Waals surface area contributed by atoms with Gasteiger partial charge in [-0.25, -0.2) is 4.79 Å². The molecule has 0 unspecified atom stereocenters. The Morgan fingerprint density at radius 3 is 2.71 bits per heavy atom. The van der Waals surface area contributed by atoms with E-state index in [4.69, 9.17) is 4.74 Å². The van der Waals surface area contributed by atoms with Crippen LogP contribution in [0.15, 0.2) is 42.5 Å². The van der Waals surface area contributed by atoms with Gasteiger partial charge in [-0.3, -0.25) is 4.79 Å². The zero-order valence-electron chi connectivity index (χ0n) is 16.5. The maximum atomic E-state index is 12.3. The molecule has 1 aliphatic heterocycles. The van der Waals surface area contributed by atoms with Crippen LogP contribution in [-0.2, 0) is 6.42 Å². The summed E-state index contributed by atoms with van der Waals surface area (Å²) in [6.45, 7) is 2.24. The van der Waals surface area contributed by atoms with Crippen LogP contribution in [-0.4, -0.2) is 57.7 Å². The van der Waals surface area contributed by atoms with E-state index in [1.807, 2.05) is 6.07 Å². The summed E-state index contributed by atoms with van der Waals surface area (Å²) in [6.07, 6.45) is 1.04. The standard InChI is InChI=1S/C21H26N4O3/c1-24(2)20(26)17-14-16(8-9-19(17)28-3)23-21(27)22-11-13-25-12-10-15-6-4-5-7-18(15)25/h4-9,14H,10-13H2,1-3H3,(H2,22,23,27). The van der Waals surface area contributed by atoms with Crippen LogP contribution in [0.3, 0.4) is 0 Å². The van der Waals surface area contributed by atoms with Gasteiger partial charge in [-0.1, -0.05) is 18.2 Å². The number of ether oxygens (including phenoxy) is 1. The first-order chi connectivity index (χ1) is 13.5. The first-order valence-corrected chi connectivity index (χ1v) is 9.27. The molecule has 0 saturated heterocycles. The van der Waals surface area contributed by atoms with E-state index in [-0.39, 0.29) is 11.9 Å². The van der Waals surface area contributed by atoms with Crippen molar-refractivity contribution in [3.05, 3.63) is 53.6 Å². The van der Waals surface area contributed by atoms with Crippen LogP contribution in [0.25, 0.3) is 0 Å². The molecule has 1 aliphatic rings. The summed E-state index contributed by atoms with van der Waals surface area (Å²) in [6, 6.07) is 13.0. The minimum Gasteiger partial charge on any atom is -0.496 e. The number of fused-ring (bicyclic) bond motifs is 1. The van der Waals surface area contributed by atoms with E-state index < -0.39 is 0 Å². The highest BCUT2D eigenvalue weighted by Gasteiger charge is 2.18. The number of para-hydroxylation sites is 1. The number of methoxy groups -OCH3 is 1. The Kier molecular flexibility index (Phi) is 6.03. The van der Waals surface area contributed by atoms with Gasteiger partial charge in [0.05, 0.1) is 12.7 Å². The monoisotopic (exact) mass is 382 g/mol. The van der Waals surface area contributed by atoms with Gasteiger partial charge >= 0.3 is 6.03 Å². The zero-order chi connectivity index (χ0) is 20.1. The Morgan fingerprint density at radius 1 is 1.18 bits per heavy atom. The van der Waals surface area contributed by atoms with Crippen molar-refractivity contribution in [1.82, 2.24) is 10.2 Å². The Hall–Kier alpha value is -3.22. The minimum absolute atomic E-state index is 0.186. The summed E-state index contributed by atoms with van der Waals surface area (Å²) in [7, 11) is 4.86. The van der Waals surface area contributed by atoms with E-state index in [9.17, 15) is 9.59 Å². The molecule has 7 nitrogen and oxygen atoms in total. The molecule has 0 aliphatic carbocycles. The molecule has 2 N–H and O–H groups in total. The van der Waals surface area contributed by atoms with E-state index in [0.717, 1.165) is 19.5 Å². The van der Waals surface area contributed by atoms with Crippen LogP contribution in [0.4, 0.5) is 16.2 Å². The van der Waals surface area contributed by atoms with Crippen molar-refractivity contribution < 1.29 is 14.3 Å². The molecule has 0 bridgehead atoms. The average Bonchev–Trinajstić information content (AvgIpc) is 3.10. The molecule has 1 heterocycles. The molecule has 0 radical (unpaired) electrons. The van der Waals surface area contributed by atoms with E-state index in [0.29, 0.717) is 23.5 Å². The maximum absolute atomic E-state index is 12.3. The molecule has 0 saturated carbocycles. The highest BCUT2D eigenvalue weighted by molar-refractivity contribution is 5.99. The third-order valence-electron chi connectivity index (χ3n) is 4.74. The summed E-state index contributed by atoms with van der Waals surface area (Å²) in [5.74, 6) is 0.283. The van der Waals surface area contributed by atoms with E-state index in [1.54, 1.807) is 32.3 Å². The predicted molar refractivity (Wildman–Crippen MR) is 110 cm³/mol. The lowest BCUT2D eigenvalue weighted by molar-refractivity contribution is 0.0824. The maximum Gasteiger partial charge on any atom is 0.319 e. The number of amides is 3. The minimum atomic E-state index is -0.305. The molecule has 2 aromatic rings. The first kappa shape index (κ1) is 19.5. The number of hydrogen-bond donors (Lipinski definition) is 2. The molecule has 3 rings (SSSR count). The first-order valence-electron chi connectivity index (χ1n) is 9.27. The van der Waals surface area contributed by atoms with Crippen LogP contribution < -0.4 is 20.3 Å². The summed E-state index contributed by atoms with van der Waals surface area (Å²) in [5.41, 5.74) is 3.53. The van der Waals surface area contributed by atoms with Gasteiger partial charge in [-0.15, -0.1) is 0 Å². The molecule has 148 valence electrons. The Labute approximate surface area is 165 Å². The fraction of sp³-hybridized carbons (Fsp3) is 0.333. The van der Waals surface area contributed by atoms with Gasteiger partial charge in [0.1, 0.15) is 5.75 Å². The van der Waals surface area contributed by atoms with Gasteiger partial charge in [0.2, 0.25) is 0 Å². The van der Waals surface area contributed by atoms with E-state index >= 15 is 0 Å². The summed E-state index contributed by atoms with van der Waals surface area (Å²) in [4.78, 5) is 28.3. The lowest BCUT2D eigenvalue weighted by Crippen LogP contribution is -2.36. The van der Waals surface area contributed by atoms with Crippen molar-refractivity contribution in [2.45, 2.75) is 6.42 Å². The quantitative estimate of drug-likeness (QED) is 0.805. The molecule has 28 heavy (non-hydrogen) atoms. The van der Waals surface area contributed by atoms with Crippen LogP contribution in [0.2, 0.25) is 0 Å². The second-order valence-corrected chi connectivity index (χ2v) is 6.86. The molecule has 3 amide bonds. The van der Waals surface area contributed by atoms with Crippen LogP contribution in [0.5, 0.6) is 5.75 Å². The zero-order valence-corrected chi connectivity index (χ0v) is 16.5. The van der Waals surface area contributed by atoms with Gasteiger partial charge in [0.15, 0.2) is 0 Å². The normalized spacial score (nSPS) is 12.3.